The maximum absolute atomic E-state index is 12.9. The summed E-state index contributed by atoms with van der Waals surface area (Å²) in [6.45, 7) is 8.80. The number of nitrogens with one attached hydrogen (secondary N) is 1. The van der Waals surface area contributed by atoms with E-state index < -0.39 is 0 Å². The maximum atomic E-state index is 12.9. The van der Waals surface area contributed by atoms with E-state index in [-0.39, 0.29) is 23.7 Å². The fraction of sp³-hybridized carbons (Fsp3) is 0.391. The van der Waals surface area contributed by atoms with E-state index in [1.54, 1.807) is 4.90 Å². The molecule has 1 aliphatic carbocycles. The summed E-state index contributed by atoms with van der Waals surface area (Å²) in [5.74, 6) is -0.150. The van der Waals surface area contributed by atoms with Crippen molar-refractivity contribution in [1.82, 2.24) is 0 Å². The van der Waals surface area contributed by atoms with Crippen LogP contribution in [0.3, 0.4) is 0 Å². The van der Waals surface area contributed by atoms with Crippen LogP contribution in [0, 0.1) is 18.8 Å². The van der Waals surface area contributed by atoms with Gasteiger partial charge in [0.25, 0.3) is 0 Å². The molecule has 0 saturated heterocycles. The van der Waals surface area contributed by atoms with Crippen LogP contribution in [0.25, 0.3) is 0 Å². The molecule has 0 aromatic heterocycles. The first kappa shape index (κ1) is 19.2. The molecule has 0 spiro atoms. The zero-order chi connectivity index (χ0) is 19.6. The van der Waals surface area contributed by atoms with Crippen molar-refractivity contribution in [2.75, 3.05) is 16.8 Å². The first-order chi connectivity index (χ1) is 12.9. The summed E-state index contributed by atoms with van der Waals surface area (Å²) in [5, 5.41) is 3.09. The van der Waals surface area contributed by atoms with Gasteiger partial charge in [-0.05, 0) is 49.4 Å². The number of anilines is 2. The van der Waals surface area contributed by atoms with Crippen LogP contribution in [0.4, 0.5) is 11.4 Å². The Morgan fingerprint density at radius 1 is 1.07 bits per heavy atom. The Bertz CT molecular complexity index is 830. The molecule has 4 heteroatoms. The van der Waals surface area contributed by atoms with Gasteiger partial charge in [0.05, 0.1) is 11.8 Å². The second-order valence-electron chi connectivity index (χ2n) is 7.55. The minimum absolute atomic E-state index is 0.0396. The van der Waals surface area contributed by atoms with E-state index in [9.17, 15) is 9.59 Å². The van der Waals surface area contributed by atoms with Gasteiger partial charge < -0.3 is 10.2 Å². The number of nitrogens with zero attached hydrogens (tertiary/aromatic N) is 1. The number of para-hydroxylation sites is 2. The Balaban J connectivity index is 1.70. The highest BCUT2D eigenvalue weighted by Crippen LogP contribution is 2.42. The second kappa shape index (κ2) is 7.95. The molecule has 142 valence electrons. The molecule has 0 heterocycles. The lowest BCUT2D eigenvalue weighted by molar-refractivity contribution is -0.123. The van der Waals surface area contributed by atoms with E-state index in [1.807, 2.05) is 56.3 Å². The smallest absolute Gasteiger partial charge is 0.230 e. The summed E-state index contributed by atoms with van der Waals surface area (Å²) < 4.78 is 0. The molecule has 0 aliphatic heterocycles. The van der Waals surface area contributed by atoms with Gasteiger partial charge in [-0.2, -0.15) is 0 Å². The predicted molar refractivity (Wildman–Crippen MR) is 110 cm³/mol. The molecule has 2 atom stereocenters. The third kappa shape index (κ3) is 4.05. The molecule has 1 saturated carbocycles. The van der Waals surface area contributed by atoms with Crippen LogP contribution >= 0.6 is 0 Å². The highest BCUT2D eigenvalue weighted by atomic mass is 16.2. The van der Waals surface area contributed by atoms with Gasteiger partial charge in [0.15, 0.2) is 0 Å². The average Bonchev–Trinajstić information content (AvgIpc) is 3.45. The Labute approximate surface area is 161 Å². The topological polar surface area (TPSA) is 49.4 Å². The molecule has 2 aromatic rings. The van der Waals surface area contributed by atoms with E-state index in [4.69, 9.17) is 0 Å². The Hall–Kier alpha value is -2.62. The second-order valence-corrected chi connectivity index (χ2v) is 7.55. The van der Waals surface area contributed by atoms with Gasteiger partial charge in [0.1, 0.15) is 0 Å². The van der Waals surface area contributed by atoms with E-state index >= 15 is 0 Å². The lowest BCUT2D eigenvalue weighted by Crippen LogP contribution is -2.33. The van der Waals surface area contributed by atoms with Gasteiger partial charge in [0.2, 0.25) is 11.8 Å². The molecule has 4 nitrogen and oxygen atoms in total. The molecule has 27 heavy (non-hydrogen) atoms. The third-order valence-corrected chi connectivity index (χ3v) is 5.27. The van der Waals surface area contributed by atoms with Gasteiger partial charge in [-0.25, -0.2) is 0 Å². The van der Waals surface area contributed by atoms with Crippen molar-refractivity contribution in [3.8, 4) is 0 Å². The maximum Gasteiger partial charge on any atom is 0.230 e. The van der Waals surface area contributed by atoms with Crippen molar-refractivity contribution in [1.29, 1.82) is 0 Å². The molecule has 0 radical (unpaired) electrons. The average molecular weight is 364 g/mol. The van der Waals surface area contributed by atoms with Crippen LogP contribution < -0.4 is 10.2 Å². The molecule has 2 unspecified atom stereocenters. The van der Waals surface area contributed by atoms with Crippen LogP contribution in [-0.4, -0.2) is 18.4 Å². The molecule has 0 bridgehead atoms. The van der Waals surface area contributed by atoms with Crippen LogP contribution in [0.5, 0.6) is 0 Å². The van der Waals surface area contributed by atoms with Crippen molar-refractivity contribution in [2.24, 2.45) is 11.8 Å². The fourth-order valence-electron chi connectivity index (χ4n) is 3.59. The molecule has 3 rings (SSSR count). The van der Waals surface area contributed by atoms with Gasteiger partial charge in [-0.1, -0.05) is 50.2 Å². The van der Waals surface area contributed by atoms with Crippen molar-refractivity contribution in [3.63, 3.8) is 0 Å². The summed E-state index contributed by atoms with van der Waals surface area (Å²) in [6, 6.07) is 15.7. The zero-order valence-electron chi connectivity index (χ0n) is 16.5. The largest absolute Gasteiger partial charge is 0.325 e. The summed E-state index contributed by atoms with van der Waals surface area (Å²) in [4.78, 5) is 27.4. The van der Waals surface area contributed by atoms with Crippen molar-refractivity contribution >= 4 is 23.2 Å². The highest BCUT2D eigenvalue weighted by Gasteiger charge is 2.49. The molecular weight excluding hydrogens is 336 g/mol. The number of rotatable bonds is 6. The molecule has 1 fully saturated rings. The highest BCUT2D eigenvalue weighted by molar-refractivity contribution is 6.04. The minimum Gasteiger partial charge on any atom is -0.325 e. The number of carbonyl (C=O) groups is 2. The van der Waals surface area contributed by atoms with Crippen LogP contribution in [0.2, 0.25) is 0 Å². The summed E-state index contributed by atoms with van der Waals surface area (Å²) >= 11 is 0. The van der Waals surface area contributed by atoms with Gasteiger partial charge in [-0.3, -0.25) is 9.59 Å². The number of amides is 2. The summed E-state index contributed by atoms with van der Waals surface area (Å²) in [6.07, 6.45) is 0.622. The number of aryl methyl sites for hydroxylation is 1. The lowest BCUT2D eigenvalue weighted by Gasteiger charge is -2.21. The first-order valence-corrected chi connectivity index (χ1v) is 9.70. The fourth-order valence-corrected chi connectivity index (χ4v) is 3.59. The monoisotopic (exact) mass is 364 g/mol. The van der Waals surface area contributed by atoms with E-state index in [0.717, 1.165) is 22.5 Å². The van der Waals surface area contributed by atoms with Crippen molar-refractivity contribution in [3.05, 3.63) is 59.7 Å². The third-order valence-electron chi connectivity index (χ3n) is 5.27. The molecular formula is C23H28N2O2. The summed E-state index contributed by atoms with van der Waals surface area (Å²) in [7, 11) is 0. The summed E-state index contributed by atoms with van der Waals surface area (Å²) in [5.41, 5.74) is 3.96. The Kier molecular flexibility index (Phi) is 5.64. The SMILES string of the molecule is CCN(C(=O)C1CC1C(=O)Nc1c(C)cccc1C(C)C)c1ccccc1. The number of benzene rings is 2. The van der Waals surface area contributed by atoms with Crippen molar-refractivity contribution < 1.29 is 9.59 Å². The molecule has 2 amide bonds. The van der Waals surface area contributed by atoms with Gasteiger partial charge in [0, 0.05) is 17.9 Å². The lowest BCUT2D eigenvalue weighted by atomic mass is 9.98. The number of hydrogen-bond donors (Lipinski definition) is 1. The van der Waals surface area contributed by atoms with Gasteiger partial charge >= 0.3 is 0 Å². The van der Waals surface area contributed by atoms with E-state index in [1.165, 1.54) is 0 Å². The molecule has 1 aliphatic rings. The quantitative estimate of drug-likeness (QED) is 0.804. The molecule has 2 aromatic carbocycles. The van der Waals surface area contributed by atoms with Crippen LogP contribution in [0.15, 0.2) is 48.5 Å². The minimum atomic E-state index is -0.241. The van der Waals surface area contributed by atoms with E-state index in [0.29, 0.717) is 18.9 Å². The predicted octanol–water partition coefficient (Wildman–Crippen LogP) is 4.75. The van der Waals surface area contributed by atoms with E-state index in [2.05, 4.69) is 25.2 Å². The number of hydrogen-bond acceptors (Lipinski definition) is 2. The Morgan fingerprint density at radius 3 is 2.41 bits per heavy atom. The van der Waals surface area contributed by atoms with Crippen LogP contribution in [-0.2, 0) is 9.59 Å². The van der Waals surface area contributed by atoms with Gasteiger partial charge in [-0.15, -0.1) is 0 Å². The Morgan fingerprint density at radius 2 is 1.78 bits per heavy atom. The molecule has 1 N–H and O–H groups in total. The zero-order valence-corrected chi connectivity index (χ0v) is 16.5. The standard InChI is InChI=1S/C23H28N2O2/c1-5-25(17-11-7-6-8-12-17)23(27)20-14-19(20)22(26)24-21-16(4)10-9-13-18(21)15(2)3/h6-13,15,19-20H,5,14H2,1-4H3,(H,24,26). The van der Waals surface area contributed by atoms with Crippen molar-refractivity contribution in [2.45, 2.75) is 40.0 Å². The number of carbonyl (C=O) groups excluding carboxylic acids is 2. The van der Waals surface area contributed by atoms with Crippen LogP contribution in [0.1, 0.15) is 44.2 Å². The normalized spacial score (nSPS) is 18.3. The first-order valence-electron chi connectivity index (χ1n) is 9.70.